The molecule has 1 fully saturated rings. The highest BCUT2D eigenvalue weighted by Gasteiger charge is 2.35. The first-order valence-corrected chi connectivity index (χ1v) is 9.89. The maximum atomic E-state index is 13.0. The van der Waals surface area contributed by atoms with Crippen LogP contribution in [0.15, 0.2) is 78.9 Å². The van der Waals surface area contributed by atoms with E-state index in [-0.39, 0.29) is 6.04 Å². The van der Waals surface area contributed by atoms with E-state index < -0.39 is 17.8 Å². The van der Waals surface area contributed by atoms with Crippen molar-refractivity contribution in [2.24, 2.45) is 5.73 Å². The summed E-state index contributed by atoms with van der Waals surface area (Å²) in [7, 11) is 0. The van der Waals surface area contributed by atoms with Gasteiger partial charge in [-0.25, -0.2) is 0 Å². The van der Waals surface area contributed by atoms with E-state index in [1.54, 1.807) is 6.07 Å². The zero-order valence-corrected chi connectivity index (χ0v) is 16.3. The number of hydrogen-bond acceptors (Lipinski definition) is 3. The van der Waals surface area contributed by atoms with Crippen LogP contribution in [0.4, 0.5) is 13.2 Å². The topological polar surface area (TPSA) is 38.5 Å². The van der Waals surface area contributed by atoms with Crippen LogP contribution in [0.1, 0.15) is 29.2 Å². The molecule has 0 saturated carbocycles. The quantitative estimate of drug-likeness (QED) is 0.558. The first-order valence-electron chi connectivity index (χ1n) is 9.89. The van der Waals surface area contributed by atoms with Crippen LogP contribution in [0.2, 0.25) is 0 Å². The molecule has 2 N–H and O–H groups in total. The molecule has 0 aromatic heterocycles. The summed E-state index contributed by atoms with van der Waals surface area (Å²) < 4.78 is 44.8. The highest BCUT2D eigenvalue weighted by Crippen LogP contribution is 2.34. The highest BCUT2D eigenvalue weighted by molar-refractivity contribution is 5.33. The highest BCUT2D eigenvalue weighted by atomic mass is 19.4. The predicted molar refractivity (Wildman–Crippen MR) is 110 cm³/mol. The first kappa shape index (κ1) is 20.4. The molecule has 1 heterocycles. The van der Waals surface area contributed by atoms with Gasteiger partial charge in [0.15, 0.2) is 0 Å². The number of para-hydroxylation sites is 1. The molecule has 1 saturated heterocycles. The Labute approximate surface area is 173 Å². The van der Waals surface area contributed by atoms with E-state index in [1.165, 1.54) is 6.07 Å². The van der Waals surface area contributed by atoms with Crippen molar-refractivity contribution in [2.45, 2.75) is 31.2 Å². The van der Waals surface area contributed by atoms with Crippen molar-refractivity contribution in [2.75, 3.05) is 6.54 Å². The Morgan fingerprint density at radius 2 is 1.63 bits per heavy atom. The number of rotatable bonds is 6. The lowest BCUT2D eigenvalue weighted by Gasteiger charge is -2.44. The molecular weight excluding hydrogens is 389 g/mol. The molecule has 0 spiro atoms. The molecule has 4 rings (SSSR count). The van der Waals surface area contributed by atoms with Crippen molar-refractivity contribution in [1.29, 1.82) is 0 Å². The largest absolute Gasteiger partial charge is 0.457 e. The molecule has 6 heteroatoms. The lowest BCUT2D eigenvalue weighted by molar-refractivity contribution is -0.137. The van der Waals surface area contributed by atoms with Gasteiger partial charge in [0.2, 0.25) is 0 Å². The SMILES string of the molecule is N[C@H](c1cccc(C(F)(F)F)c1)[C@@H]1CCN1Cc1ccc(Oc2ccccc2)cc1. The monoisotopic (exact) mass is 412 g/mol. The summed E-state index contributed by atoms with van der Waals surface area (Å²) in [4.78, 5) is 2.21. The van der Waals surface area contributed by atoms with Gasteiger partial charge in [0, 0.05) is 25.2 Å². The minimum absolute atomic E-state index is 0.0220. The Morgan fingerprint density at radius 1 is 0.933 bits per heavy atom. The van der Waals surface area contributed by atoms with Crippen LogP contribution >= 0.6 is 0 Å². The summed E-state index contributed by atoms with van der Waals surface area (Å²) in [5, 5.41) is 0. The van der Waals surface area contributed by atoms with Crippen molar-refractivity contribution >= 4 is 0 Å². The van der Waals surface area contributed by atoms with Crippen molar-refractivity contribution in [3.05, 3.63) is 95.6 Å². The number of halogens is 3. The number of nitrogens with two attached hydrogens (primary N) is 1. The second-order valence-corrected chi connectivity index (χ2v) is 7.53. The summed E-state index contributed by atoms with van der Waals surface area (Å²) in [6.45, 7) is 1.57. The summed E-state index contributed by atoms with van der Waals surface area (Å²) in [6.07, 6.45) is -3.49. The average Bonchev–Trinajstić information content (AvgIpc) is 2.72. The molecule has 0 aliphatic carbocycles. The van der Waals surface area contributed by atoms with Gasteiger partial charge in [0.1, 0.15) is 11.5 Å². The minimum Gasteiger partial charge on any atom is -0.457 e. The van der Waals surface area contributed by atoms with E-state index in [4.69, 9.17) is 10.5 Å². The molecule has 0 amide bonds. The number of likely N-dealkylation sites (tertiary alicyclic amines) is 1. The normalized spacial score (nSPS) is 17.9. The number of ether oxygens (including phenoxy) is 1. The molecule has 0 radical (unpaired) electrons. The molecule has 156 valence electrons. The van der Waals surface area contributed by atoms with Gasteiger partial charge in [-0.3, -0.25) is 4.90 Å². The van der Waals surface area contributed by atoms with Gasteiger partial charge in [-0.1, -0.05) is 42.5 Å². The van der Waals surface area contributed by atoms with Gasteiger partial charge >= 0.3 is 6.18 Å². The lowest BCUT2D eigenvalue weighted by atomic mass is 9.89. The van der Waals surface area contributed by atoms with E-state index in [9.17, 15) is 13.2 Å². The third-order valence-electron chi connectivity index (χ3n) is 5.48. The third kappa shape index (κ3) is 4.66. The first-order chi connectivity index (χ1) is 14.4. The molecule has 3 nitrogen and oxygen atoms in total. The zero-order chi connectivity index (χ0) is 21.1. The van der Waals surface area contributed by atoms with Gasteiger partial charge in [-0.15, -0.1) is 0 Å². The Morgan fingerprint density at radius 3 is 2.27 bits per heavy atom. The fourth-order valence-electron chi connectivity index (χ4n) is 3.73. The van der Waals surface area contributed by atoms with Crippen molar-refractivity contribution in [3.63, 3.8) is 0 Å². The van der Waals surface area contributed by atoms with Crippen molar-refractivity contribution in [1.82, 2.24) is 4.90 Å². The second kappa shape index (κ2) is 8.50. The van der Waals surface area contributed by atoms with Gasteiger partial charge in [0.05, 0.1) is 5.56 Å². The van der Waals surface area contributed by atoms with Crippen LogP contribution in [0.25, 0.3) is 0 Å². The van der Waals surface area contributed by atoms with Crippen LogP contribution in [-0.4, -0.2) is 17.5 Å². The minimum atomic E-state index is -4.36. The van der Waals surface area contributed by atoms with Gasteiger partial charge in [-0.05, 0) is 53.9 Å². The lowest BCUT2D eigenvalue weighted by Crippen LogP contribution is -2.52. The van der Waals surface area contributed by atoms with Crippen molar-refractivity contribution < 1.29 is 17.9 Å². The molecule has 0 unspecified atom stereocenters. The van der Waals surface area contributed by atoms with Crippen LogP contribution in [0, 0.1) is 0 Å². The summed E-state index contributed by atoms with van der Waals surface area (Å²) >= 11 is 0. The fourth-order valence-corrected chi connectivity index (χ4v) is 3.73. The molecule has 0 bridgehead atoms. The van der Waals surface area contributed by atoms with E-state index in [0.29, 0.717) is 12.1 Å². The van der Waals surface area contributed by atoms with E-state index in [0.717, 1.165) is 42.2 Å². The number of hydrogen-bond donors (Lipinski definition) is 1. The molecule has 1 aliphatic rings. The molecule has 2 atom stereocenters. The van der Waals surface area contributed by atoms with E-state index >= 15 is 0 Å². The maximum absolute atomic E-state index is 13.0. The fraction of sp³-hybridized carbons (Fsp3) is 0.250. The molecule has 1 aliphatic heterocycles. The molecular formula is C24H23F3N2O. The van der Waals surface area contributed by atoms with E-state index in [1.807, 2.05) is 54.6 Å². The number of benzene rings is 3. The average molecular weight is 412 g/mol. The van der Waals surface area contributed by atoms with Gasteiger partial charge in [0.25, 0.3) is 0 Å². The summed E-state index contributed by atoms with van der Waals surface area (Å²) in [5.74, 6) is 1.53. The summed E-state index contributed by atoms with van der Waals surface area (Å²) in [5.41, 5.74) is 7.31. The molecule has 3 aromatic carbocycles. The number of alkyl halides is 3. The van der Waals surface area contributed by atoms with Gasteiger partial charge < -0.3 is 10.5 Å². The van der Waals surface area contributed by atoms with Crippen LogP contribution in [-0.2, 0) is 12.7 Å². The van der Waals surface area contributed by atoms with Crippen LogP contribution in [0.3, 0.4) is 0 Å². The standard InChI is InChI=1S/C24H23F3N2O/c25-24(26,27)19-6-4-5-18(15-19)23(28)22-13-14-29(22)16-17-9-11-21(12-10-17)30-20-7-2-1-3-8-20/h1-12,15,22-23H,13-14,16,28H2/t22-,23+/m0/s1. The Hall–Kier alpha value is -2.83. The Balaban J connectivity index is 1.39. The van der Waals surface area contributed by atoms with Gasteiger partial charge in [-0.2, -0.15) is 13.2 Å². The number of nitrogens with zero attached hydrogens (tertiary/aromatic N) is 1. The predicted octanol–water partition coefficient (Wildman–Crippen LogP) is 5.77. The zero-order valence-electron chi connectivity index (χ0n) is 16.3. The van der Waals surface area contributed by atoms with Crippen molar-refractivity contribution in [3.8, 4) is 11.5 Å². The second-order valence-electron chi connectivity index (χ2n) is 7.53. The third-order valence-corrected chi connectivity index (χ3v) is 5.48. The van der Waals surface area contributed by atoms with E-state index in [2.05, 4.69) is 4.90 Å². The smallest absolute Gasteiger partial charge is 0.416 e. The Kier molecular flexibility index (Phi) is 5.79. The summed E-state index contributed by atoms with van der Waals surface area (Å²) in [6, 6.07) is 22.3. The Bertz CT molecular complexity index is 974. The molecule has 30 heavy (non-hydrogen) atoms. The van der Waals surface area contributed by atoms with Crippen LogP contribution in [0.5, 0.6) is 11.5 Å². The van der Waals surface area contributed by atoms with Crippen LogP contribution < -0.4 is 10.5 Å². The molecule has 3 aromatic rings. The maximum Gasteiger partial charge on any atom is 0.416 e.